The molecule has 2 aromatic rings. The predicted octanol–water partition coefficient (Wildman–Crippen LogP) is 3.50. The van der Waals surface area contributed by atoms with E-state index in [2.05, 4.69) is 0 Å². The number of benzene rings is 2. The standard InChI is InChI=1S/C31H36N2O13S3/c1-30(2)24(32(13-7-15-47(38,39)40)22-10-5-9-20(26(22)30)28(34)35)11-6-12-25-31(3,4)27-21(29(36)37)17-19(49(44,45)46)18-23(27)33(25)14-8-16-48(41,42)43/h5-6,9-12,17-18H,7-8,13-16H2,1-4H3,(H4-,34,35,36,37,38,39,40,41,42,43,44,45,46)/p+1. The van der Waals surface area contributed by atoms with Crippen LogP contribution in [0.15, 0.2) is 59.2 Å². The molecule has 0 fully saturated rings. The van der Waals surface area contributed by atoms with Gasteiger partial charge < -0.3 is 15.1 Å². The SMILES string of the molecule is CC1(C)C(=CC=CC2=[N+](CCCS(=O)(=O)O)c3cccc(C(=O)O)c3C2(C)C)N(CCCS(=O)(=O)O)c2cc(S(=O)(=O)O)cc(C(=O)O)c21. The van der Waals surface area contributed by atoms with Crippen LogP contribution >= 0.6 is 0 Å². The third-order valence-electron chi connectivity index (χ3n) is 8.66. The number of anilines is 1. The van der Waals surface area contributed by atoms with Gasteiger partial charge in [-0.1, -0.05) is 26.0 Å². The van der Waals surface area contributed by atoms with Crippen molar-refractivity contribution in [2.45, 2.75) is 56.3 Å². The molecule has 0 aliphatic carbocycles. The predicted molar refractivity (Wildman–Crippen MR) is 179 cm³/mol. The summed E-state index contributed by atoms with van der Waals surface area (Å²) in [6.07, 6.45) is 4.73. The van der Waals surface area contributed by atoms with Crippen molar-refractivity contribution in [1.82, 2.24) is 0 Å². The molecule has 2 heterocycles. The van der Waals surface area contributed by atoms with Gasteiger partial charge in [-0.3, -0.25) is 13.7 Å². The summed E-state index contributed by atoms with van der Waals surface area (Å²) in [4.78, 5) is 25.4. The number of rotatable bonds is 13. The number of nitrogens with zero attached hydrogens (tertiary/aromatic N) is 2. The summed E-state index contributed by atoms with van der Waals surface area (Å²) in [5.74, 6) is -3.83. The first-order chi connectivity index (χ1) is 22.4. The summed E-state index contributed by atoms with van der Waals surface area (Å²) >= 11 is 0. The maximum Gasteiger partial charge on any atom is 0.336 e. The van der Waals surface area contributed by atoms with Crippen LogP contribution in [-0.2, 0) is 41.2 Å². The molecule has 5 N–H and O–H groups in total. The molecular weight excluding hydrogens is 705 g/mol. The highest BCUT2D eigenvalue weighted by atomic mass is 32.2. The highest BCUT2D eigenvalue weighted by molar-refractivity contribution is 7.86. The van der Waals surface area contributed by atoms with Crippen LogP contribution in [0.5, 0.6) is 0 Å². The van der Waals surface area contributed by atoms with Gasteiger partial charge in [-0.05, 0) is 44.5 Å². The molecule has 0 spiro atoms. The second-order valence-corrected chi connectivity index (χ2v) is 17.3. The second kappa shape index (κ2) is 13.1. The number of carboxylic acids is 2. The number of aromatic carboxylic acids is 2. The van der Waals surface area contributed by atoms with Crippen molar-refractivity contribution < 1.29 is 63.3 Å². The zero-order chi connectivity index (χ0) is 36.9. The highest BCUT2D eigenvalue weighted by Gasteiger charge is 2.47. The van der Waals surface area contributed by atoms with E-state index in [1.165, 1.54) is 11.0 Å². The van der Waals surface area contributed by atoms with Crippen LogP contribution in [0.25, 0.3) is 0 Å². The summed E-state index contributed by atoms with van der Waals surface area (Å²) in [5.41, 5.74) is -0.174. The van der Waals surface area contributed by atoms with Crippen molar-refractivity contribution in [1.29, 1.82) is 0 Å². The fourth-order valence-corrected chi connectivity index (χ4v) is 8.21. The van der Waals surface area contributed by atoms with Gasteiger partial charge in [-0.2, -0.15) is 29.8 Å². The van der Waals surface area contributed by atoms with Gasteiger partial charge in [0, 0.05) is 47.5 Å². The Bertz CT molecular complexity index is 2160. The number of hydrogen-bond acceptors (Lipinski definition) is 9. The van der Waals surface area contributed by atoms with E-state index in [1.54, 1.807) is 62.6 Å². The molecule has 2 aliphatic heterocycles. The minimum absolute atomic E-state index is 0.00201. The van der Waals surface area contributed by atoms with Gasteiger partial charge in [-0.25, -0.2) is 9.59 Å². The van der Waals surface area contributed by atoms with E-state index in [1.807, 2.05) is 0 Å². The first kappa shape index (κ1) is 37.9. The van der Waals surface area contributed by atoms with Crippen LogP contribution in [0.4, 0.5) is 11.4 Å². The minimum Gasteiger partial charge on any atom is -0.478 e. The minimum atomic E-state index is -4.87. The Balaban J connectivity index is 1.91. The lowest BCUT2D eigenvalue weighted by atomic mass is 9.78. The van der Waals surface area contributed by atoms with Crippen LogP contribution in [0.3, 0.4) is 0 Å². The zero-order valence-electron chi connectivity index (χ0n) is 27.0. The average molecular weight is 742 g/mol. The Labute approximate surface area is 284 Å². The normalized spacial score (nSPS) is 17.9. The van der Waals surface area contributed by atoms with E-state index >= 15 is 0 Å². The Hall–Kier alpha value is -3.94. The Morgan fingerprint density at radius 2 is 1.41 bits per heavy atom. The van der Waals surface area contributed by atoms with Crippen molar-refractivity contribution in [3.63, 3.8) is 0 Å². The molecular formula is C31H37N2O13S3+. The van der Waals surface area contributed by atoms with E-state index in [4.69, 9.17) is 0 Å². The van der Waals surface area contributed by atoms with E-state index in [0.29, 0.717) is 22.7 Å². The lowest BCUT2D eigenvalue weighted by molar-refractivity contribution is -0.437. The highest BCUT2D eigenvalue weighted by Crippen LogP contribution is 2.50. The first-order valence-corrected chi connectivity index (χ1v) is 19.5. The van der Waals surface area contributed by atoms with Crippen LogP contribution < -0.4 is 4.90 Å². The summed E-state index contributed by atoms with van der Waals surface area (Å²) in [7, 11) is -13.5. The molecule has 2 aliphatic rings. The van der Waals surface area contributed by atoms with Gasteiger partial charge in [0.15, 0.2) is 5.71 Å². The molecule has 0 unspecified atom stereocenters. The fraction of sp³-hybridized carbons (Fsp3) is 0.387. The maximum absolute atomic E-state index is 12.4. The van der Waals surface area contributed by atoms with Crippen LogP contribution in [0, 0.1) is 0 Å². The second-order valence-electron chi connectivity index (χ2n) is 12.8. The molecule has 0 atom stereocenters. The lowest BCUT2D eigenvalue weighted by Crippen LogP contribution is -2.30. The summed E-state index contributed by atoms with van der Waals surface area (Å²) in [6, 6.07) is 6.65. The van der Waals surface area contributed by atoms with Gasteiger partial charge in [0.2, 0.25) is 5.69 Å². The molecule has 0 aromatic heterocycles. The van der Waals surface area contributed by atoms with Crippen molar-refractivity contribution in [3.05, 3.63) is 76.5 Å². The van der Waals surface area contributed by atoms with Gasteiger partial charge in [0.1, 0.15) is 6.54 Å². The molecule has 0 bridgehead atoms. The molecule has 266 valence electrons. The Kier molecular flexibility index (Phi) is 10.1. The van der Waals surface area contributed by atoms with Gasteiger partial charge in [0.05, 0.1) is 38.5 Å². The lowest BCUT2D eigenvalue weighted by Gasteiger charge is -2.27. The first-order valence-electron chi connectivity index (χ1n) is 14.9. The summed E-state index contributed by atoms with van der Waals surface area (Å²) < 4.78 is 100. The molecule has 4 rings (SSSR count). The molecule has 0 radical (unpaired) electrons. The van der Waals surface area contributed by atoms with Gasteiger partial charge >= 0.3 is 11.9 Å². The number of hydrogen-bond donors (Lipinski definition) is 5. The van der Waals surface area contributed by atoms with Gasteiger partial charge in [-0.15, -0.1) is 0 Å². The summed E-state index contributed by atoms with van der Waals surface area (Å²) in [6.45, 7) is 6.92. The van der Waals surface area contributed by atoms with Crippen molar-refractivity contribution in [3.8, 4) is 0 Å². The Morgan fingerprint density at radius 1 is 0.816 bits per heavy atom. The number of fused-ring (bicyclic) bond motifs is 2. The molecule has 0 saturated heterocycles. The van der Waals surface area contributed by atoms with Crippen LogP contribution in [-0.4, -0.2) is 95.9 Å². The van der Waals surface area contributed by atoms with Crippen LogP contribution in [0.2, 0.25) is 0 Å². The molecule has 0 amide bonds. The monoisotopic (exact) mass is 741 g/mol. The quantitative estimate of drug-likeness (QED) is 0.146. The molecule has 15 nitrogen and oxygen atoms in total. The maximum atomic E-state index is 12.4. The van der Waals surface area contributed by atoms with E-state index in [0.717, 1.165) is 12.1 Å². The zero-order valence-corrected chi connectivity index (χ0v) is 29.4. The van der Waals surface area contributed by atoms with Gasteiger partial charge in [0.25, 0.3) is 30.4 Å². The Morgan fingerprint density at radius 3 is 1.96 bits per heavy atom. The third-order valence-corrected chi connectivity index (χ3v) is 11.1. The van der Waals surface area contributed by atoms with Crippen molar-refractivity contribution >= 4 is 59.4 Å². The summed E-state index contributed by atoms with van der Waals surface area (Å²) in [5, 5.41) is 20.0. The smallest absolute Gasteiger partial charge is 0.336 e. The molecule has 49 heavy (non-hydrogen) atoms. The van der Waals surface area contributed by atoms with E-state index in [9.17, 15) is 58.7 Å². The largest absolute Gasteiger partial charge is 0.478 e. The van der Waals surface area contributed by atoms with E-state index < -0.39 is 75.1 Å². The topological polar surface area (TPSA) is 244 Å². The van der Waals surface area contributed by atoms with E-state index in [-0.39, 0.29) is 42.7 Å². The average Bonchev–Trinajstić information content (AvgIpc) is 3.29. The number of allylic oxidation sites excluding steroid dienone is 4. The third kappa shape index (κ3) is 7.79. The van der Waals surface area contributed by atoms with Crippen molar-refractivity contribution in [2.75, 3.05) is 29.5 Å². The van der Waals surface area contributed by atoms with Crippen LogP contribution in [0.1, 0.15) is 72.4 Å². The molecule has 0 saturated carbocycles. The number of carboxylic acid groups (broad SMARTS) is 2. The molecule has 18 heteroatoms. The fourth-order valence-electron chi connectivity index (χ4n) is 6.70. The number of carbonyl (C=O) groups is 2. The molecule has 2 aromatic carbocycles. The van der Waals surface area contributed by atoms with Crippen molar-refractivity contribution in [2.24, 2.45) is 0 Å².